The third kappa shape index (κ3) is 5.86. The van der Waals surface area contributed by atoms with E-state index in [2.05, 4.69) is 21.7 Å². The number of rotatable bonds is 9. The Morgan fingerprint density at radius 2 is 1.69 bits per heavy atom. The van der Waals surface area contributed by atoms with E-state index in [9.17, 15) is 28.0 Å². The summed E-state index contributed by atoms with van der Waals surface area (Å²) in [5, 5.41) is 15.0. The SMILES string of the molecule is CCC(=O)c1ccc(-c2cnc3c(NCCC(F)(F)F)cc(-c4ccc(C(=O)NC5(C#N)CC5)c(C)c4)cn23)cc1C. The van der Waals surface area contributed by atoms with Crippen molar-refractivity contribution < 1.29 is 22.8 Å². The van der Waals surface area contributed by atoms with Gasteiger partial charge >= 0.3 is 6.18 Å². The summed E-state index contributed by atoms with van der Waals surface area (Å²) in [6, 6.07) is 14.7. The quantitative estimate of drug-likeness (QED) is 0.210. The van der Waals surface area contributed by atoms with Crippen LogP contribution in [0.1, 0.15) is 64.4 Å². The number of fused-ring (bicyclic) bond motifs is 1. The number of aryl methyl sites for hydroxylation is 2. The molecule has 1 aliphatic carbocycles. The monoisotopic (exact) mass is 573 g/mol. The van der Waals surface area contributed by atoms with Crippen molar-refractivity contribution in [2.75, 3.05) is 11.9 Å². The zero-order chi connectivity index (χ0) is 30.2. The highest BCUT2D eigenvalue weighted by atomic mass is 19.4. The molecule has 2 heterocycles. The number of nitriles is 1. The average molecular weight is 574 g/mol. The molecule has 10 heteroatoms. The molecular weight excluding hydrogens is 543 g/mol. The van der Waals surface area contributed by atoms with Crippen molar-refractivity contribution in [1.82, 2.24) is 14.7 Å². The van der Waals surface area contributed by atoms with Crippen molar-refractivity contribution in [2.45, 2.75) is 58.2 Å². The van der Waals surface area contributed by atoms with E-state index in [1.165, 1.54) is 0 Å². The predicted molar refractivity (Wildman–Crippen MR) is 154 cm³/mol. The van der Waals surface area contributed by atoms with Gasteiger partial charge in [0, 0.05) is 41.4 Å². The molecule has 1 aliphatic rings. The minimum Gasteiger partial charge on any atom is -0.382 e. The highest BCUT2D eigenvalue weighted by molar-refractivity contribution is 5.98. The molecule has 0 saturated heterocycles. The molecule has 4 aromatic rings. The number of halogens is 3. The summed E-state index contributed by atoms with van der Waals surface area (Å²) in [6.45, 7) is 5.16. The number of hydrogen-bond donors (Lipinski definition) is 2. The second-order valence-electron chi connectivity index (χ2n) is 10.8. The number of pyridine rings is 1. The van der Waals surface area contributed by atoms with Crippen LogP contribution in [0.25, 0.3) is 28.0 Å². The molecule has 1 saturated carbocycles. The third-order valence-corrected chi connectivity index (χ3v) is 7.59. The van der Waals surface area contributed by atoms with Crippen LogP contribution in [-0.2, 0) is 0 Å². The Kier molecular flexibility index (Phi) is 7.54. The first kappa shape index (κ1) is 28.9. The number of anilines is 1. The molecule has 0 spiro atoms. The van der Waals surface area contributed by atoms with Crippen molar-refractivity contribution in [1.29, 1.82) is 5.26 Å². The first-order valence-corrected chi connectivity index (χ1v) is 13.7. The molecule has 2 aromatic heterocycles. The number of nitrogens with one attached hydrogen (secondary N) is 2. The van der Waals surface area contributed by atoms with E-state index in [0.29, 0.717) is 58.5 Å². The van der Waals surface area contributed by atoms with Gasteiger partial charge in [-0.3, -0.25) is 14.0 Å². The second kappa shape index (κ2) is 11.0. The first-order chi connectivity index (χ1) is 19.9. The molecule has 0 aliphatic heterocycles. The number of nitrogens with zero attached hydrogens (tertiary/aromatic N) is 3. The maximum atomic E-state index is 12.9. The number of amides is 1. The minimum absolute atomic E-state index is 0.0445. The van der Waals surface area contributed by atoms with Gasteiger partial charge in [0.05, 0.1) is 30.1 Å². The highest BCUT2D eigenvalue weighted by Crippen LogP contribution is 2.35. The van der Waals surface area contributed by atoms with Crippen molar-refractivity contribution in [3.63, 3.8) is 0 Å². The molecule has 2 aromatic carbocycles. The van der Waals surface area contributed by atoms with Crippen LogP contribution in [0.3, 0.4) is 0 Å². The zero-order valence-electron chi connectivity index (χ0n) is 23.5. The summed E-state index contributed by atoms with van der Waals surface area (Å²) >= 11 is 0. The average Bonchev–Trinajstić information content (AvgIpc) is 3.58. The summed E-state index contributed by atoms with van der Waals surface area (Å²) in [5.41, 5.74) is 5.69. The molecule has 0 radical (unpaired) electrons. The lowest BCUT2D eigenvalue weighted by Crippen LogP contribution is -2.35. The van der Waals surface area contributed by atoms with E-state index < -0.39 is 18.1 Å². The van der Waals surface area contributed by atoms with Crippen molar-refractivity contribution in [3.05, 3.63) is 77.1 Å². The molecular formula is C32H30F3N5O2. The Morgan fingerprint density at radius 3 is 2.31 bits per heavy atom. The number of Topliss-reactive ketones (excluding diaryl/α,β-unsaturated/α-hetero) is 1. The molecule has 0 unspecified atom stereocenters. The molecule has 0 atom stereocenters. The summed E-state index contributed by atoms with van der Waals surface area (Å²) in [4.78, 5) is 29.7. The summed E-state index contributed by atoms with van der Waals surface area (Å²) < 4.78 is 40.6. The van der Waals surface area contributed by atoms with Crippen molar-refractivity contribution in [2.24, 2.45) is 0 Å². The molecule has 1 amide bonds. The molecule has 5 rings (SSSR count). The number of hydrogen-bond acceptors (Lipinski definition) is 5. The first-order valence-electron chi connectivity index (χ1n) is 13.7. The summed E-state index contributed by atoms with van der Waals surface area (Å²) in [6.07, 6.45) is -0.153. The fourth-order valence-corrected chi connectivity index (χ4v) is 5.03. The van der Waals surface area contributed by atoms with Gasteiger partial charge in [0.15, 0.2) is 11.4 Å². The van der Waals surface area contributed by atoms with E-state index in [4.69, 9.17) is 0 Å². The molecule has 1 fully saturated rings. The Morgan fingerprint density at radius 1 is 1.02 bits per heavy atom. The van der Waals surface area contributed by atoms with Gasteiger partial charge < -0.3 is 10.6 Å². The van der Waals surface area contributed by atoms with Crippen LogP contribution in [0.2, 0.25) is 0 Å². The summed E-state index contributed by atoms with van der Waals surface area (Å²) in [5.74, 6) is -0.275. The lowest BCUT2D eigenvalue weighted by molar-refractivity contribution is -0.131. The van der Waals surface area contributed by atoms with Crippen molar-refractivity contribution in [3.8, 4) is 28.5 Å². The topological polar surface area (TPSA) is 99.3 Å². The lowest BCUT2D eigenvalue weighted by Gasteiger charge is -2.15. The van der Waals surface area contributed by atoms with E-state index in [1.54, 1.807) is 37.4 Å². The molecule has 2 N–H and O–H groups in total. The fraction of sp³-hybridized carbons (Fsp3) is 0.312. The van der Waals surface area contributed by atoms with Crippen LogP contribution < -0.4 is 10.6 Å². The predicted octanol–water partition coefficient (Wildman–Crippen LogP) is 7.03. The van der Waals surface area contributed by atoms with E-state index in [0.717, 1.165) is 16.7 Å². The van der Waals surface area contributed by atoms with Crippen LogP contribution in [0.4, 0.5) is 18.9 Å². The molecule has 7 nitrogen and oxygen atoms in total. The molecule has 0 bridgehead atoms. The number of alkyl halides is 3. The third-order valence-electron chi connectivity index (χ3n) is 7.59. The van der Waals surface area contributed by atoms with Gasteiger partial charge in [-0.25, -0.2) is 4.98 Å². The van der Waals surface area contributed by atoms with Gasteiger partial charge in [-0.05, 0) is 61.6 Å². The smallest absolute Gasteiger partial charge is 0.382 e. The molecule has 42 heavy (non-hydrogen) atoms. The van der Waals surface area contributed by atoms with Crippen molar-refractivity contribution >= 4 is 23.0 Å². The number of aromatic nitrogens is 2. The second-order valence-corrected chi connectivity index (χ2v) is 10.8. The van der Waals surface area contributed by atoms with Gasteiger partial charge in [0.1, 0.15) is 5.54 Å². The van der Waals surface area contributed by atoms with E-state index in [-0.39, 0.29) is 18.2 Å². The highest BCUT2D eigenvalue weighted by Gasteiger charge is 2.44. The maximum Gasteiger partial charge on any atom is 0.390 e. The van der Waals surface area contributed by atoms with Crippen LogP contribution in [-0.4, -0.2) is 39.3 Å². The normalized spacial score (nSPS) is 13.9. The Balaban J connectivity index is 1.56. The number of ketones is 1. The number of benzene rings is 2. The van der Waals surface area contributed by atoms with Gasteiger partial charge in [0.25, 0.3) is 5.91 Å². The standard InChI is InChI=1S/C32H30F3N5O2/c1-4-28(41)24-7-6-22(14-19(24)2)27-16-38-29-26(37-12-11-32(33,34)35)15-23(17-40(27)29)21-5-8-25(20(3)13-21)30(42)39-31(18-36)9-10-31/h5-8,13-17,37H,4,9-12H2,1-3H3,(H,39,42). The van der Waals surface area contributed by atoms with E-state index in [1.807, 2.05) is 42.6 Å². The van der Waals surface area contributed by atoms with Gasteiger partial charge in [-0.2, -0.15) is 18.4 Å². The van der Waals surface area contributed by atoms with Gasteiger partial charge in [-0.1, -0.05) is 31.2 Å². The van der Waals surface area contributed by atoms with E-state index >= 15 is 0 Å². The fourth-order valence-electron chi connectivity index (χ4n) is 5.03. The van der Waals surface area contributed by atoms with Crippen LogP contribution >= 0.6 is 0 Å². The lowest BCUT2D eigenvalue weighted by atomic mass is 9.99. The van der Waals surface area contributed by atoms with Crippen LogP contribution in [0, 0.1) is 25.2 Å². The number of imidazole rings is 1. The van der Waals surface area contributed by atoms with Crippen LogP contribution in [0.15, 0.2) is 54.9 Å². The maximum absolute atomic E-state index is 12.9. The number of carbonyl (C=O) groups is 2. The van der Waals surface area contributed by atoms with Crippen LogP contribution in [0.5, 0.6) is 0 Å². The van der Waals surface area contributed by atoms with Gasteiger partial charge in [-0.15, -0.1) is 0 Å². The minimum atomic E-state index is -4.31. The van der Waals surface area contributed by atoms with Gasteiger partial charge in [0.2, 0.25) is 0 Å². The zero-order valence-corrected chi connectivity index (χ0v) is 23.5. The molecule has 216 valence electrons. The number of carbonyl (C=O) groups excluding carboxylic acids is 2. The Hall–Kier alpha value is -4.65. The summed E-state index contributed by atoms with van der Waals surface area (Å²) in [7, 11) is 0. The largest absolute Gasteiger partial charge is 0.390 e. The Bertz CT molecular complexity index is 1750. The Labute approximate surface area is 241 Å².